The maximum atomic E-state index is 9.72. The lowest BCUT2D eigenvalue weighted by Crippen LogP contribution is -2.35. The highest BCUT2D eigenvalue weighted by atomic mass is 16.4. The van der Waals surface area contributed by atoms with Crippen LogP contribution in [0.4, 0.5) is 0 Å². The molecular formula is C6H18N8O5. The minimum absolute atomic E-state index is 0.218. The highest BCUT2D eigenvalue weighted by molar-refractivity contribution is 5.79. The van der Waals surface area contributed by atoms with Crippen molar-refractivity contribution in [3.05, 3.63) is 0 Å². The molecular weight excluding hydrogens is 264 g/mol. The lowest BCUT2D eigenvalue weighted by Gasteiger charge is -1.97. The number of hydrogen-bond donors (Lipinski definition) is 11. The van der Waals surface area contributed by atoms with Gasteiger partial charge in [0, 0.05) is 0 Å². The van der Waals surface area contributed by atoms with E-state index in [0.717, 1.165) is 0 Å². The molecule has 13 heteroatoms. The number of aliphatic hydroxyl groups excluding tert-OH is 1. The minimum atomic E-state index is -1.79. The van der Waals surface area contributed by atoms with Crippen molar-refractivity contribution >= 4 is 23.9 Å². The zero-order valence-electron chi connectivity index (χ0n) is 9.75. The van der Waals surface area contributed by atoms with Gasteiger partial charge in [-0.25, -0.2) is 16.5 Å². The number of nitrogens with two attached hydrogens (primary N) is 4. The number of hydrazine groups is 2. The normalized spacial score (nSPS) is 9.42. The Labute approximate surface area is 107 Å². The third-order valence-corrected chi connectivity index (χ3v) is 0.964. The van der Waals surface area contributed by atoms with Crippen LogP contribution >= 0.6 is 0 Å². The van der Waals surface area contributed by atoms with Crippen LogP contribution in [0, 0.1) is 10.8 Å². The molecule has 112 valence electrons. The van der Waals surface area contributed by atoms with Crippen molar-refractivity contribution in [1.29, 1.82) is 10.8 Å². The summed E-state index contributed by atoms with van der Waals surface area (Å²) in [5.74, 6) is 5.86. The summed E-state index contributed by atoms with van der Waals surface area (Å²) < 4.78 is 0. The van der Waals surface area contributed by atoms with E-state index in [-0.39, 0.29) is 11.9 Å². The maximum Gasteiger partial charge on any atom is 0.333 e. The fraction of sp³-hybridized carbons (Fsp3) is 0.333. The summed E-state index contributed by atoms with van der Waals surface area (Å²) in [6, 6.07) is 0. The molecule has 0 rings (SSSR count). The third kappa shape index (κ3) is 31.3. The fourth-order valence-electron chi connectivity index (χ4n) is 0.253. The van der Waals surface area contributed by atoms with E-state index in [1.165, 1.54) is 0 Å². The van der Waals surface area contributed by atoms with Crippen molar-refractivity contribution in [2.24, 2.45) is 23.2 Å². The lowest BCUT2D eigenvalue weighted by molar-refractivity contribution is -0.152. The number of carboxylic acid groups (broad SMARTS) is 2. The van der Waals surface area contributed by atoms with Crippen molar-refractivity contribution in [3.63, 3.8) is 0 Å². The summed E-state index contributed by atoms with van der Waals surface area (Å²) in [4.78, 5) is 19.4. The van der Waals surface area contributed by atoms with E-state index in [1.54, 1.807) is 0 Å². The van der Waals surface area contributed by atoms with Crippen molar-refractivity contribution in [2.45, 2.75) is 12.5 Å². The molecule has 1 atom stereocenters. The standard InChI is InChI=1S/C4H6O5.2CH6N4/c5-2(4(8)9)1-3(6)7;2*2-1(3)5-4/h2,5H,1H2,(H,6,7)(H,8,9);2*4H2,(H4,2,3,5). The number of carbonyl (C=O) groups is 2. The minimum Gasteiger partial charge on any atom is -0.481 e. The van der Waals surface area contributed by atoms with Crippen molar-refractivity contribution in [2.75, 3.05) is 0 Å². The van der Waals surface area contributed by atoms with Crippen LogP contribution in [0.2, 0.25) is 0 Å². The first-order chi connectivity index (χ1) is 8.58. The molecule has 0 aromatic carbocycles. The van der Waals surface area contributed by atoms with E-state index in [1.807, 2.05) is 10.9 Å². The van der Waals surface area contributed by atoms with Gasteiger partial charge in [0.2, 0.25) is 0 Å². The van der Waals surface area contributed by atoms with Crippen LogP contribution in [-0.4, -0.2) is 45.3 Å². The zero-order chi connectivity index (χ0) is 16.0. The summed E-state index contributed by atoms with van der Waals surface area (Å²) in [5.41, 5.74) is 13.1. The number of guanidine groups is 2. The van der Waals surface area contributed by atoms with Gasteiger partial charge in [-0.1, -0.05) is 0 Å². The Kier molecular flexibility index (Phi) is 15.3. The molecule has 0 aliphatic rings. The van der Waals surface area contributed by atoms with Crippen LogP contribution < -0.4 is 34.0 Å². The van der Waals surface area contributed by atoms with Gasteiger partial charge in [-0.15, -0.1) is 0 Å². The van der Waals surface area contributed by atoms with Crippen LogP contribution in [-0.2, 0) is 9.59 Å². The topological polar surface area (TPSA) is 271 Å². The second-order valence-corrected chi connectivity index (χ2v) is 2.57. The number of hydrogen-bond acceptors (Lipinski definition) is 7. The molecule has 0 fully saturated rings. The molecule has 0 heterocycles. The predicted molar refractivity (Wildman–Crippen MR) is 64.4 cm³/mol. The second kappa shape index (κ2) is 13.4. The fourth-order valence-corrected chi connectivity index (χ4v) is 0.253. The van der Waals surface area contributed by atoms with E-state index in [9.17, 15) is 9.59 Å². The molecule has 15 N–H and O–H groups in total. The van der Waals surface area contributed by atoms with Gasteiger partial charge in [-0.2, -0.15) is 0 Å². The SMILES string of the molecule is N=C(N)NN.N=C(N)NN.O=C(O)CC(O)C(=O)O. The summed E-state index contributed by atoms with van der Waals surface area (Å²) >= 11 is 0. The smallest absolute Gasteiger partial charge is 0.333 e. The Morgan fingerprint density at radius 1 is 1.05 bits per heavy atom. The summed E-state index contributed by atoms with van der Waals surface area (Å²) in [7, 11) is 0. The molecule has 0 aromatic heterocycles. The molecule has 0 radical (unpaired) electrons. The first-order valence-electron chi connectivity index (χ1n) is 4.32. The first kappa shape index (κ1) is 21.6. The van der Waals surface area contributed by atoms with Gasteiger partial charge >= 0.3 is 11.9 Å². The Morgan fingerprint density at radius 3 is 1.37 bits per heavy atom. The lowest BCUT2D eigenvalue weighted by atomic mass is 10.3. The largest absolute Gasteiger partial charge is 0.481 e. The van der Waals surface area contributed by atoms with E-state index < -0.39 is 24.5 Å². The van der Waals surface area contributed by atoms with Gasteiger partial charge in [0.05, 0.1) is 6.42 Å². The molecule has 0 saturated carbocycles. The average Bonchev–Trinajstić information content (AvgIpc) is 2.29. The van der Waals surface area contributed by atoms with Crippen molar-refractivity contribution in [1.82, 2.24) is 10.9 Å². The van der Waals surface area contributed by atoms with Gasteiger partial charge in [0.25, 0.3) is 0 Å². The van der Waals surface area contributed by atoms with E-state index >= 15 is 0 Å². The van der Waals surface area contributed by atoms with Gasteiger partial charge in [-0.3, -0.25) is 26.5 Å². The molecule has 19 heavy (non-hydrogen) atoms. The summed E-state index contributed by atoms with van der Waals surface area (Å²) in [5, 5.41) is 36.7. The van der Waals surface area contributed by atoms with E-state index in [4.69, 9.17) is 26.1 Å². The van der Waals surface area contributed by atoms with Crippen LogP contribution in [0.5, 0.6) is 0 Å². The summed E-state index contributed by atoms with van der Waals surface area (Å²) in [6.07, 6.45) is -2.54. The molecule has 0 amide bonds. The molecule has 1 unspecified atom stereocenters. The highest BCUT2D eigenvalue weighted by Crippen LogP contribution is 1.89. The van der Waals surface area contributed by atoms with Gasteiger partial charge < -0.3 is 26.8 Å². The Balaban J connectivity index is -0.000000219. The Morgan fingerprint density at radius 2 is 1.32 bits per heavy atom. The second-order valence-electron chi connectivity index (χ2n) is 2.57. The van der Waals surface area contributed by atoms with Crippen molar-refractivity contribution in [3.8, 4) is 0 Å². The van der Waals surface area contributed by atoms with Crippen molar-refractivity contribution < 1.29 is 24.9 Å². The number of aliphatic carboxylic acids is 2. The predicted octanol–water partition coefficient (Wildman–Crippen LogP) is -4.41. The third-order valence-electron chi connectivity index (χ3n) is 0.964. The molecule has 0 bridgehead atoms. The zero-order valence-corrected chi connectivity index (χ0v) is 9.75. The van der Waals surface area contributed by atoms with Crippen LogP contribution in [0.25, 0.3) is 0 Å². The van der Waals surface area contributed by atoms with Gasteiger partial charge in [0.15, 0.2) is 18.0 Å². The number of carboxylic acids is 2. The van der Waals surface area contributed by atoms with Crippen LogP contribution in [0.3, 0.4) is 0 Å². The molecule has 13 nitrogen and oxygen atoms in total. The van der Waals surface area contributed by atoms with Gasteiger partial charge in [0.1, 0.15) is 0 Å². The number of aliphatic hydroxyl groups is 1. The van der Waals surface area contributed by atoms with E-state index in [0.29, 0.717) is 0 Å². The molecule has 0 saturated heterocycles. The molecule has 0 aliphatic carbocycles. The Hall–Kier alpha value is -2.64. The Bertz CT molecular complexity index is 294. The van der Waals surface area contributed by atoms with Gasteiger partial charge in [-0.05, 0) is 0 Å². The van der Waals surface area contributed by atoms with Crippen LogP contribution in [0.15, 0.2) is 0 Å². The summed E-state index contributed by atoms with van der Waals surface area (Å²) in [6.45, 7) is 0. The monoisotopic (exact) mass is 282 g/mol. The first-order valence-corrected chi connectivity index (χ1v) is 4.32. The maximum absolute atomic E-state index is 9.72. The van der Waals surface area contributed by atoms with Crippen LogP contribution in [0.1, 0.15) is 6.42 Å². The highest BCUT2D eigenvalue weighted by Gasteiger charge is 2.16. The molecule has 0 aromatic rings. The number of nitrogens with one attached hydrogen (secondary N) is 4. The number of rotatable bonds is 3. The quantitative estimate of drug-likeness (QED) is 0.102. The molecule has 0 aliphatic heterocycles. The van der Waals surface area contributed by atoms with E-state index in [2.05, 4.69) is 23.2 Å². The average molecular weight is 282 g/mol. The molecule has 0 spiro atoms.